The van der Waals surface area contributed by atoms with Crippen molar-refractivity contribution >= 4 is 22.6 Å². The number of esters is 1. The summed E-state index contributed by atoms with van der Waals surface area (Å²) in [7, 11) is 1.37. The van der Waals surface area contributed by atoms with Crippen molar-refractivity contribution in [3.63, 3.8) is 0 Å². The van der Waals surface area contributed by atoms with Crippen LogP contribution in [0.2, 0.25) is 0 Å². The summed E-state index contributed by atoms with van der Waals surface area (Å²) < 4.78 is 5.04. The van der Waals surface area contributed by atoms with Crippen LogP contribution in [0.1, 0.15) is 51.2 Å². The van der Waals surface area contributed by atoms with Crippen LogP contribution in [-0.4, -0.2) is 29.9 Å². The third-order valence-corrected chi connectivity index (χ3v) is 6.09. The fourth-order valence-electron chi connectivity index (χ4n) is 4.28. The van der Waals surface area contributed by atoms with Crippen molar-refractivity contribution in [3.8, 4) is 17.2 Å². The summed E-state index contributed by atoms with van der Waals surface area (Å²) in [6.45, 7) is 6.26. The minimum atomic E-state index is -0.630. The molecule has 1 atom stereocenters. The monoisotopic (exact) mass is 456 g/mol. The topological polar surface area (TPSA) is 70.4 Å². The molecule has 34 heavy (non-hydrogen) atoms. The zero-order valence-corrected chi connectivity index (χ0v) is 20.4. The standard InChI is InChI=1S/C29H32N2O3/c1-5-6-11-27(32)31(28(20(2)3)29(33)34-4)19-21-12-13-23-17-24(15-14-22(23)16-21)26-10-8-7-9-25(26)18-30/h7-10,12-17,20,28H,5-6,11,19H2,1-4H3/t28-/m0/s1. The lowest BCUT2D eigenvalue weighted by Crippen LogP contribution is -2.48. The number of amides is 1. The van der Waals surface area contributed by atoms with E-state index in [2.05, 4.69) is 18.2 Å². The fraction of sp³-hybridized carbons (Fsp3) is 0.345. The predicted octanol–water partition coefficient (Wildman–Crippen LogP) is 6.09. The van der Waals surface area contributed by atoms with Crippen LogP contribution >= 0.6 is 0 Å². The first-order chi connectivity index (χ1) is 16.4. The van der Waals surface area contributed by atoms with Crippen molar-refractivity contribution in [1.29, 1.82) is 5.26 Å². The number of carbonyl (C=O) groups excluding carboxylic acids is 2. The number of fused-ring (bicyclic) bond motifs is 1. The summed E-state index contributed by atoms with van der Waals surface area (Å²) in [5.74, 6) is -0.489. The Labute approximate surface area is 202 Å². The van der Waals surface area contributed by atoms with Crippen molar-refractivity contribution in [3.05, 3.63) is 71.8 Å². The lowest BCUT2D eigenvalue weighted by Gasteiger charge is -2.32. The quantitative estimate of drug-likeness (QED) is 0.365. The molecule has 0 saturated heterocycles. The minimum absolute atomic E-state index is 0.0329. The van der Waals surface area contributed by atoms with Gasteiger partial charge in [-0.05, 0) is 58.0 Å². The normalized spacial score (nSPS) is 11.8. The second-order valence-corrected chi connectivity index (χ2v) is 8.89. The highest BCUT2D eigenvalue weighted by atomic mass is 16.5. The zero-order valence-electron chi connectivity index (χ0n) is 20.4. The Hall–Kier alpha value is -3.65. The first kappa shape index (κ1) is 25.0. The van der Waals surface area contributed by atoms with Gasteiger partial charge in [-0.15, -0.1) is 0 Å². The van der Waals surface area contributed by atoms with E-state index >= 15 is 0 Å². The van der Waals surface area contributed by atoms with Gasteiger partial charge in [0.1, 0.15) is 6.04 Å². The van der Waals surface area contributed by atoms with E-state index in [0.29, 0.717) is 18.5 Å². The van der Waals surface area contributed by atoms with Gasteiger partial charge in [-0.2, -0.15) is 5.26 Å². The molecule has 0 heterocycles. The number of hydrogen-bond donors (Lipinski definition) is 0. The van der Waals surface area contributed by atoms with Gasteiger partial charge in [0.05, 0.1) is 18.7 Å². The number of nitriles is 1. The molecule has 3 rings (SSSR count). The Bertz CT molecular complexity index is 1210. The molecule has 3 aromatic rings. The van der Waals surface area contributed by atoms with Crippen molar-refractivity contribution in [2.24, 2.45) is 5.92 Å². The van der Waals surface area contributed by atoms with Crippen LogP contribution in [0.15, 0.2) is 60.7 Å². The molecular weight excluding hydrogens is 424 g/mol. The molecule has 3 aromatic carbocycles. The van der Waals surface area contributed by atoms with E-state index in [1.54, 1.807) is 4.90 Å². The molecule has 176 valence electrons. The van der Waals surface area contributed by atoms with E-state index in [1.165, 1.54) is 7.11 Å². The summed E-state index contributed by atoms with van der Waals surface area (Å²) in [5.41, 5.74) is 3.49. The Morgan fingerprint density at radius 1 is 1.03 bits per heavy atom. The number of benzene rings is 3. The first-order valence-electron chi connectivity index (χ1n) is 11.8. The van der Waals surface area contributed by atoms with Gasteiger partial charge in [0.25, 0.3) is 0 Å². The molecule has 0 saturated carbocycles. The molecule has 0 aromatic heterocycles. The number of unbranched alkanes of at least 4 members (excludes halogenated alkanes) is 1. The van der Waals surface area contributed by atoms with E-state index in [-0.39, 0.29) is 17.8 Å². The van der Waals surface area contributed by atoms with E-state index in [9.17, 15) is 14.9 Å². The van der Waals surface area contributed by atoms with Crippen LogP contribution in [0.4, 0.5) is 0 Å². The molecule has 0 fully saturated rings. The molecule has 0 N–H and O–H groups in total. The number of methoxy groups -OCH3 is 1. The number of rotatable bonds is 9. The van der Waals surface area contributed by atoms with E-state index in [0.717, 1.165) is 40.3 Å². The van der Waals surface area contributed by atoms with Gasteiger partial charge in [0.15, 0.2) is 0 Å². The lowest BCUT2D eigenvalue weighted by molar-refractivity contribution is -0.155. The van der Waals surface area contributed by atoms with Gasteiger partial charge >= 0.3 is 5.97 Å². The highest BCUT2D eigenvalue weighted by Crippen LogP contribution is 2.28. The Kier molecular flexibility index (Phi) is 8.43. The van der Waals surface area contributed by atoms with E-state index < -0.39 is 6.04 Å². The smallest absolute Gasteiger partial charge is 0.328 e. The molecule has 0 aliphatic heterocycles. The molecule has 0 radical (unpaired) electrons. The van der Waals surface area contributed by atoms with Crippen LogP contribution in [0.3, 0.4) is 0 Å². The fourth-order valence-corrected chi connectivity index (χ4v) is 4.28. The summed E-state index contributed by atoms with van der Waals surface area (Å²) >= 11 is 0. The van der Waals surface area contributed by atoms with Gasteiger partial charge in [0, 0.05) is 13.0 Å². The molecular formula is C29H32N2O3. The van der Waals surface area contributed by atoms with Crippen LogP contribution in [0.25, 0.3) is 21.9 Å². The molecule has 0 unspecified atom stereocenters. The summed E-state index contributed by atoms with van der Waals surface area (Å²) in [6.07, 6.45) is 2.11. The molecule has 0 bridgehead atoms. The average molecular weight is 457 g/mol. The van der Waals surface area contributed by atoms with Gasteiger partial charge in [-0.25, -0.2) is 4.79 Å². The highest BCUT2D eigenvalue weighted by molar-refractivity contribution is 5.89. The lowest BCUT2D eigenvalue weighted by atomic mass is 9.96. The van der Waals surface area contributed by atoms with Crippen LogP contribution in [0, 0.1) is 17.2 Å². The molecule has 5 heteroatoms. The molecule has 1 amide bonds. The number of carbonyl (C=O) groups is 2. The summed E-state index contributed by atoms with van der Waals surface area (Å²) in [5, 5.41) is 11.5. The van der Waals surface area contributed by atoms with Gasteiger partial charge < -0.3 is 9.64 Å². The maximum absolute atomic E-state index is 13.1. The second-order valence-electron chi connectivity index (χ2n) is 8.89. The van der Waals surface area contributed by atoms with E-state index in [1.807, 2.05) is 69.3 Å². The van der Waals surface area contributed by atoms with Crippen LogP contribution in [0.5, 0.6) is 0 Å². The Balaban J connectivity index is 1.94. The van der Waals surface area contributed by atoms with Crippen molar-refractivity contribution in [2.45, 2.75) is 52.6 Å². The minimum Gasteiger partial charge on any atom is -0.467 e. The predicted molar refractivity (Wildman–Crippen MR) is 135 cm³/mol. The number of nitrogens with zero attached hydrogens (tertiary/aromatic N) is 2. The van der Waals surface area contributed by atoms with Gasteiger partial charge in [-0.3, -0.25) is 4.79 Å². The average Bonchev–Trinajstić information content (AvgIpc) is 2.86. The Morgan fingerprint density at radius 3 is 2.41 bits per heavy atom. The number of ether oxygens (including phenoxy) is 1. The SMILES string of the molecule is CCCCC(=O)N(Cc1ccc2cc(-c3ccccc3C#N)ccc2c1)[C@H](C(=O)OC)C(C)C. The highest BCUT2D eigenvalue weighted by Gasteiger charge is 2.33. The largest absolute Gasteiger partial charge is 0.467 e. The van der Waals surface area contributed by atoms with Crippen LogP contribution in [-0.2, 0) is 20.9 Å². The number of hydrogen-bond acceptors (Lipinski definition) is 4. The van der Waals surface area contributed by atoms with Gasteiger partial charge in [-0.1, -0.05) is 69.7 Å². The van der Waals surface area contributed by atoms with Crippen molar-refractivity contribution < 1.29 is 14.3 Å². The summed E-state index contributed by atoms with van der Waals surface area (Å²) in [4.78, 5) is 27.3. The molecule has 0 aliphatic carbocycles. The zero-order chi connectivity index (χ0) is 24.7. The molecule has 0 spiro atoms. The molecule has 0 aliphatic rings. The van der Waals surface area contributed by atoms with Gasteiger partial charge in [0.2, 0.25) is 5.91 Å². The second kappa shape index (κ2) is 11.5. The maximum atomic E-state index is 13.1. The third-order valence-electron chi connectivity index (χ3n) is 6.09. The van der Waals surface area contributed by atoms with E-state index in [4.69, 9.17) is 4.74 Å². The first-order valence-corrected chi connectivity index (χ1v) is 11.8. The van der Waals surface area contributed by atoms with Crippen molar-refractivity contribution in [2.75, 3.05) is 7.11 Å². The van der Waals surface area contributed by atoms with Crippen LogP contribution < -0.4 is 0 Å². The Morgan fingerprint density at radius 2 is 1.74 bits per heavy atom. The third kappa shape index (κ3) is 5.63. The van der Waals surface area contributed by atoms with Crippen molar-refractivity contribution in [1.82, 2.24) is 4.90 Å². The molecule has 5 nitrogen and oxygen atoms in total. The maximum Gasteiger partial charge on any atom is 0.328 e. The summed E-state index contributed by atoms with van der Waals surface area (Å²) in [6, 6.07) is 21.4.